The summed E-state index contributed by atoms with van der Waals surface area (Å²) in [5.74, 6) is 0.824. The topological polar surface area (TPSA) is 71.5 Å². The molecule has 39 heavy (non-hydrogen) atoms. The monoisotopic (exact) mass is 523 g/mol. The van der Waals surface area contributed by atoms with E-state index in [1.807, 2.05) is 12.4 Å². The van der Waals surface area contributed by atoms with Gasteiger partial charge in [-0.15, -0.1) is 0 Å². The smallest absolute Gasteiger partial charge is 0.325 e. The summed E-state index contributed by atoms with van der Waals surface area (Å²) in [6.07, 6.45) is 16.6. The lowest BCUT2D eigenvalue weighted by Crippen LogP contribution is -2.56. The van der Waals surface area contributed by atoms with Crippen molar-refractivity contribution >= 4 is 22.7 Å². The summed E-state index contributed by atoms with van der Waals surface area (Å²) in [7, 11) is 0. The normalized spacial score (nSPS) is 40.1. The van der Waals surface area contributed by atoms with Crippen LogP contribution in [-0.4, -0.2) is 44.6 Å². The minimum atomic E-state index is -0.839. The maximum Gasteiger partial charge on any atom is 0.325 e. The minimum Gasteiger partial charge on any atom is -0.359 e. The molecule has 3 aliphatic carbocycles. The van der Waals surface area contributed by atoms with Crippen molar-refractivity contribution in [2.75, 3.05) is 0 Å². The standard InChI is InChI=1S/C33H37N3O3/c1-30(2)28(37)36(29(38)35-30)25-7-6-23-17-24-10-12-31(3)26(21-5-4-20-11-15-34-19-22(20)16-21)8-9-27(31)33(24)14-13-32(23,18-25)39-33/h4-5,10-11,15-17,19,25-27H,6-9,12-14,18H2,1-3H3,(H,35,38)/t25-,26-,27-,31-,32?,33-/m1/s1. The molecule has 0 radical (unpaired) electrons. The minimum absolute atomic E-state index is 0.111. The highest BCUT2D eigenvalue weighted by molar-refractivity contribution is 6.06. The summed E-state index contributed by atoms with van der Waals surface area (Å²) in [5, 5.41) is 5.34. The number of benzene rings is 1. The average molecular weight is 524 g/mol. The van der Waals surface area contributed by atoms with Gasteiger partial charge in [0, 0.05) is 30.2 Å². The van der Waals surface area contributed by atoms with Crippen LogP contribution in [0.25, 0.3) is 10.8 Å². The molecule has 1 aromatic carbocycles. The Morgan fingerprint density at radius 2 is 1.92 bits per heavy atom. The fraction of sp³-hybridized carbons (Fsp3) is 0.545. The number of nitrogens with one attached hydrogen (secondary N) is 1. The molecule has 2 saturated carbocycles. The first-order valence-corrected chi connectivity index (χ1v) is 14.8. The zero-order valence-electron chi connectivity index (χ0n) is 23.1. The number of amides is 3. The van der Waals surface area contributed by atoms with Crippen LogP contribution in [-0.2, 0) is 9.53 Å². The van der Waals surface area contributed by atoms with Gasteiger partial charge in [-0.3, -0.25) is 14.7 Å². The first-order chi connectivity index (χ1) is 18.7. The number of rotatable bonds is 2. The largest absolute Gasteiger partial charge is 0.359 e. The lowest BCUT2D eigenvalue weighted by Gasteiger charge is -2.54. The Balaban J connectivity index is 1.13. The van der Waals surface area contributed by atoms with Gasteiger partial charge in [-0.05, 0) is 110 Å². The fourth-order valence-corrected chi connectivity index (χ4v) is 9.58. The molecule has 1 aromatic heterocycles. The molecule has 2 spiro atoms. The second-order valence-corrected chi connectivity index (χ2v) is 13.8. The van der Waals surface area contributed by atoms with Gasteiger partial charge in [0.15, 0.2) is 0 Å². The molecule has 4 heterocycles. The van der Waals surface area contributed by atoms with Gasteiger partial charge < -0.3 is 10.1 Å². The van der Waals surface area contributed by atoms with Crippen LogP contribution in [0, 0.1) is 11.3 Å². The Kier molecular flexibility index (Phi) is 4.65. The molecule has 2 saturated heterocycles. The van der Waals surface area contributed by atoms with Crippen LogP contribution in [0.4, 0.5) is 4.79 Å². The summed E-state index contributed by atoms with van der Waals surface area (Å²) < 4.78 is 7.41. The Bertz CT molecular complexity index is 1510. The third kappa shape index (κ3) is 3.04. The summed E-state index contributed by atoms with van der Waals surface area (Å²) in [4.78, 5) is 31.9. The van der Waals surface area contributed by atoms with Crippen LogP contribution in [0.15, 0.2) is 60.0 Å². The maximum atomic E-state index is 13.1. The Morgan fingerprint density at radius 1 is 1.05 bits per heavy atom. The van der Waals surface area contributed by atoms with Gasteiger partial charge in [0.1, 0.15) is 5.54 Å². The molecule has 6 atom stereocenters. The fourth-order valence-electron chi connectivity index (χ4n) is 9.58. The number of pyridine rings is 1. The van der Waals surface area contributed by atoms with Crippen molar-refractivity contribution in [2.45, 2.75) is 101 Å². The van der Waals surface area contributed by atoms with Crippen LogP contribution in [0.3, 0.4) is 0 Å². The van der Waals surface area contributed by atoms with Crippen molar-refractivity contribution in [3.8, 4) is 0 Å². The van der Waals surface area contributed by atoms with Crippen molar-refractivity contribution in [2.24, 2.45) is 11.3 Å². The van der Waals surface area contributed by atoms with Gasteiger partial charge in [-0.25, -0.2) is 4.79 Å². The van der Waals surface area contributed by atoms with Gasteiger partial charge in [0.2, 0.25) is 0 Å². The zero-order chi connectivity index (χ0) is 26.8. The highest BCUT2D eigenvalue weighted by atomic mass is 16.5. The molecule has 202 valence electrons. The summed E-state index contributed by atoms with van der Waals surface area (Å²) in [6, 6.07) is 8.66. The van der Waals surface area contributed by atoms with E-state index in [-0.39, 0.29) is 34.6 Å². The van der Waals surface area contributed by atoms with Gasteiger partial charge in [-0.2, -0.15) is 0 Å². The number of hydrogen-bond donors (Lipinski definition) is 1. The van der Waals surface area contributed by atoms with Crippen molar-refractivity contribution in [1.82, 2.24) is 15.2 Å². The number of ether oxygens (including phenoxy) is 1. The number of urea groups is 1. The van der Waals surface area contributed by atoms with Crippen LogP contribution in [0.1, 0.15) is 83.6 Å². The van der Waals surface area contributed by atoms with Crippen molar-refractivity contribution < 1.29 is 14.3 Å². The van der Waals surface area contributed by atoms with E-state index in [1.54, 1.807) is 13.8 Å². The van der Waals surface area contributed by atoms with Gasteiger partial charge in [-0.1, -0.05) is 31.2 Å². The predicted octanol–water partition coefficient (Wildman–Crippen LogP) is 6.18. The van der Waals surface area contributed by atoms with E-state index in [0.29, 0.717) is 18.3 Å². The van der Waals surface area contributed by atoms with Crippen molar-refractivity contribution in [1.29, 1.82) is 0 Å². The Labute approximate surface area is 229 Å². The first kappa shape index (κ1) is 23.9. The predicted molar refractivity (Wildman–Crippen MR) is 149 cm³/mol. The number of allylic oxidation sites excluding steroid dienone is 1. The molecule has 3 aliphatic heterocycles. The van der Waals surface area contributed by atoms with E-state index in [4.69, 9.17) is 4.74 Å². The molecular formula is C33H37N3O3. The molecule has 2 bridgehead atoms. The van der Waals surface area contributed by atoms with Crippen LogP contribution >= 0.6 is 0 Å². The van der Waals surface area contributed by atoms with Gasteiger partial charge >= 0.3 is 6.03 Å². The molecule has 1 unspecified atom stereocenters. The van der Waals surface area contributed by atoms with Gasteiger partial charge in [0.25, 0.3) is 5.91 Å². The SMILES string of the molecule is CC1(C)NC(=O)N([C@@H]2CCC3=CC4=CC[C@]5(C)[C@@H](c6ccc7ccncc7c6)CC[C@H]5[C@@]45CCC3(C2)O5)C1=O. The van der Waals surface area contributed by atoms with Crippen LogP contribution < -0.4 is 5.32 Å². The molecule has 2 aromatic rings. The van der Waals surface area contributed by atoms with Gasteiger partial charge in [0.05, 0.1) is 11.2 Å². The number of nitrogens with zero attached hydrogens (tertiary/aromatic N) is 2. The third-order valence-corrected chi connectivity index (χ3v) is 11.5. The molecule has 3 amide bonds. The van der Waals surface area contributed by atoms with Crippen molar-refractivity contribution in [3.63, 3.8) is 0 Å². The maximum absolute atomic E-state index is 13.1. The zero-order valence-corrected chi connectivity index (χ0v) is 23.1. The van der Waals surface area contributed by atoms with Crippen molar-refractivity contribution in [3.05, 3.63) is 65.5 Å². The second kappa shape index (κ2) is 7.60. The van der Waals surface area contributed by atoms with E-state index in [0.717, 1.165) is 38.5 Å². The quantitative estimate of drug-likeness (QED) is 0.478. The second-order valence-electron chi connectivity index (χ2n) is 13.8. The highest BCUT2D eigenvalue weighted by Gasteiger charge is 2.67. The molecule has 4 fully saturated rings. The van der Waals surface area contributed by atoms with E-state index < -0.39 is 5.54 Å². The highest BCUT2D eigenvalue weighted by Crippen LogP contribution is 2.69. The van der Waals surface area contributed by atoms with Crippen LogP contribution in [0.5, 0.6) is 0 Å². The summed E-state index contributed by atoms with van der Waals surface area (Å²) in [6.45, 7) is 6.09. The molecule has 6 heteroatoms. The lowest BCUT2D eigenvalue weighted by molar-refractivity contribution is -0.145. The number of aromatic nitrogens is 1. The van der Waals surface area contributed by atoms with E-state index in [2.05, 4.69) is 53.6 Å². The number of carbonyl (C=O) groups is 2. The third-order valence-electron chi connectivity index (χ3n) is 11.5. The molecule has 6 nitrogen and oxygen atoms in total. The molecule has 8 rings (SSSR count). The van der Waals surface area contributed by atoms with E-state index in [9.17, 15) is 9.59 Å². The first-order valence-electron chi connectivity index (χ1n) is 14.8. The summed E-state index contributed by atoms with van der Waals surface area (Å²) >= 11 is 0. The number of hydrogen-bond acceptors (Lipinski definition) is 4. The Morgan fingerprint density at radius 3 is 2.74 bits per heavy atom. The number of carbonyl (C=O) groups excluding carboxylic acids is 2. The van der Waals surface area contributed by atoms with E-state index in [1.165, 1.54) is 38.8 Å². The molecular weight excluding hydrogens is 486 g/mol. The van der Waals surface area contributed by atoms with E-state index >= 15 is 0 Å². The summed E-state index contributed by atoms with van der Waals surface area (Å²) in [5.41, 5.74) is 2.86. The number of fused-ring (bicyclic) bond motifs is 2. The Hall–Kier alpha value is -2.99. The molecule has 1 N–H and O–H groups in total. The average Bonchev–Trinajstić information content (AvgIpc) is 3.49. The lowest BCUT2D eigenvalue weighted by atomic mass is 9.58. The number of imide groups is 1. The van der Waals surface area contributed by atoms with Crippen LogP contribution in [0.2, 0.25) is 0 Å². The molecule has 6 aliphatic rings.